The van der Waals surface area contributed by atoms with Gasteiger partial charge in [-0.2, -0.15) is 5.10 Å². The van der Waals surface area contributed by atoms with E-state index in [4.69, 9.17) is 0 Å². The first-order chi connectivity index (χ1) is 11.2. The summed E-state index contributed by atoms with van der Waals surface area (Å²) in [5.41, 5.74) is 4.30. The minimum atomic E-state index is -0.570. The molecule has 0 radical (unpaired) electrons. The number of nitrogens with one attached hydrogen (secondary N) is 1. The highest BCUT2D eigenvalue weighted by molar-refractivity contribution is 5.95. The molecule has 23 heavy (non-hydrogen) atoms. The topological polar surface area (TPSA) is 44.7 Å². The van der Waals surface area contributed by atoms with Crippen LogP contribution in [0.25, 0.3) is 0 Å². The van der Waals surface area contributed by atoms with Crippen LogP contribution in [0.3, 0.4) is 0 Å². The molecule has 0 aliphatic carbocycles. The molecule has 1 amide bonds. The van der Waals surface area contributed by atoms with Gasteiger partial charge in [-0.3, -0.25) is 4.79 Å². The maximum atomic E-state index is 13.5. The number of hydrogen-bond acceptors (Lipinski definition) is 3. The third kappa shape index (κ3) is 4.39. The lowest BCUT2D eigenvalue weighted by Crippen LogP contribution is -2.21. The van der Waals surface area contributed by atoms with Crippen LogP contribution in [0.5, 0.6) is 0 Å². The lowest BCUT2D eigenvalue weighted by molar-refractivity contribution is 0.0951. The Morgan fingerprint density at radius 1 is 1.13 bits per heavy atom. The van der Waals surface area contributed by atoms with Crippen molar-refractivity contribution < 1.29 is 9.18 Å². The maximum absolute atomic E-state index is 13.5. The van der Waals surface area contributed by atoms with E-state index in [0.717, 1.165) is 24.3 Å². The van der Waals surface area contributed by atoms with Gasteiger partial charge in [0, 0.05) is 18.8 Å². The summed E-state index contributed by atoms with van der Waals surface area (Å²) < 4.78 is 13.5. The molecule has 0 saturated carbocycles. The Balaban J connectivity index is 1.98. The molecule has 0 aliphatic rings. The van der Waals surface area contributed by atoms with Gasteiger partial charge < -0.3 is 4.90 Å². The molecule has 1 N–H and O–H groups in total. The molecule has 0 aromatic heterocycles. The Kier molecular flexibility index (Phi) is 5.86. The number of amides is 1. The predicted octanol–water partition coefficient (Wildman–Crippen LogP) is 3.44. The monoisotopic (exact) mass is 313 g/mol. The van der Waals surface area contributed by atoms with Crippen molar-refractivity contribution >= 4 is 17.8 Å². The second-order valence-corrected chi connectivity index (χ2v) is 4.94. The lowest BCUT2D eigenvalue weighted by Gasteiger charge is -2.20. The number of carbonyl (C=O) groups is 1. The summed E-state index contributed by atoms with van der Waals surface area (Å²) in [5.74, 6) is -1.14. The number of carbonyl (C=O) groups excluding carboxylic acids is 1. The van der Waals surface area contributed by atoms with E-state index in [9.17, 15) is 9.18 Å². The van der Waals surface area contributed by atoms with Crippen LogP contribution in [-0.2, 0) is 0 Å². The van der Waals surface area contributed by atoms with E-state index < -0.39 is 11.7 Å². The van der Waals surface area contributed by atoms with Gasteiger partial charge in [0.05, 0.1) is 11.8 Å². The third-order valence-corrected chi connectivity index (χ3v) is 3.52. The van der Waals surface area contributed by atoms with Crippen molar-refractivity contribution in [1.82, 2.24) is 5.43 Å². The highest BCUT2D eigenvalue weighted by Crippen LogP contribution is 2.14. The first-order valence-electron chi connectivity index (χ1n) is 7.58. The zero-order valence-corrected chi connectivity index (χ0v) is 13.3. The van der Waals surface area contributed by atoms with Gasteiger partial charge in [-0.1, -0.05) is 24.3 Å². The summed E-state index contributed by atoms with van der Waals surface area (Å²) >= 11 is 0. The first kappa shape index (κ1) is 16.7. The van der Waals surface area contributed by atoms with Gasteiger partial charge in [0.1, 0.15) is 5.82 Å². The highest BCUT2D eigenvalue weighted by atomic mass is 19.1. The molecule has 0 fully saturated rings. The van der Waals surface area contributed by atoms with Crippen LogP contribution >= 0.6 is 0 Å². The van der Waals surface area contributed by atoms with Crippen LogP contribution in [0.15, 0.2) is 53.6 Å². The third-order valence-electron chi connectivity index (χ3n) is 3.52. The van der Waals surface area contributed by atoms with Crippen molar-refractivity contribution in [1.29, 1.82) is 0 Å². The second kappa shape index (κ2) is 8.08. The van der Waals surface area contributed by atoms with E-state index in [1.807, 2.05) is 24.3 Å². The smallest absolute Gasteiger partial charge is 0.274 e. The van der Waals surface area contributed by atoms with E-state index in [1.54, 1.807) is 6.07 Å². The largest absolute Gasteiger partial charge is 0.372 e. The molecular weight excluding hydrogens is 293 g/mol. The highest BCUT2D eigenvalue weighted by Gasteiger charge is 2.09. The van der Waals surface area contributed by atoms with Crippen molar-refractivity contribution in [2.24, 2.45) is 5.10 Å². The molecule has 0 unspecified atom stereocenters. The van der Waals surface area contributed by atoms with Crippen LogP contribution in [0.2, 0.25) is 0 Å². The molecule has 0 saturated heterocycles. The molecule has 0 bridgehead atoms. The minimum Gasteiger partial charge on any atom is -0.372 e. The number of halogens is 1. The molecule has 4 nitrogen and oxygen atoms in total. The van der Waals surface area contributed by atoms with Crippen molar-refractivity contribution in [3.8, 4) is 0 Å². The number of benzene rings is 2. The summed E-state index contributed by atoms with van der Waals surface area (Å²) in [4.78, 5) is 14.0. The summed E-state index contributed by atoms with van der Waals surface area (Å²) in [6.07, 6.45) is 1.53. The molecule has 120 valence electrons. The lowest BCUT2D eigenvalue weighted by atomic mass is 10.2. The van der Waals surface area contributed by atoms with E-state index in [0.29, 0.717) is 0 Å². The number of hydrogen-bond donors (Lipinski definition) is 1. The number of anilines is 1. The average molecular weight is 313 g/mol. The summed E-state index contributed by atoms with van der Waals surface area (Å²) in [6.45, 7) is 6.11. The molecule has 0 aliphatic heterocycles. The standard InChI is InChI=1S/C18H20FN3O/c1-3-22(4-2)15-11-9-14(10-12-15)13-20-21-18(23)16-7-5-6-8-17(16)19/h5-13H,3-4H2,1-2H3,(H,21,23)/b20-13-. The molecule has 2 aromatic carbocycles. The molecule has 0 heterocycles. The van der Waals surface area contributed by atoms with Gasteiger partial charge >= 0.3 is 0 Å². The molecule has 5 heteroatoms. The Bertz CT molecular complexity index is 679. The fourth-order valence-corrected chi connectivity index (χ4v) is 2.23. The molecule has 0 atom stereocenters. The summed E-state index contributed by atoms with van der Waals surface area (Å²) in [6, 6.07) is 13.7. The second-order valence-electron chi connectivity index (χ2n) is 4.94. The molecular formula is C18H20FN3O. The Morgan fingerprint density at radius 3 is 2.39 bits per heavy atom. The molecule has 2 aromatic rings. The number of hydrazone groups is 1. The van der Waals surface area contributed by atoms with Gasteiger partial charge in [-0.15, -0.1) is 0 Å². The van der Waals surface area contributed by atoms with E-state index in [-0.39, 0.29) is 5.56 Å². The quantitative estimate of drug-likeness (QED) is 0.656. The van der Waals surface area contributed by atoms with E-state index in [1.165, 1.54) is 24.4 Å². The average Bonchev–Trinajstić information content (AvgIpc) is 2.57. The zero-order valence-electron chi connectivity index (χ0n) is 13.3. The van der Waals surface area contributed by atoms with Gasteiger partial charge in [-0.25, -0.2) is 9.82 Å². The van der Waals surface area contributed by atoms with Gasteiger partial charge in [0.25, 0.3) is 5.91 Å². The number of nitrogens with zero attached hydrogens (tertiary/aromatic N) is 2. The fourth-order valence-electron chi connectivity index (χ4n) is 2.23. The van der Waals surface area contributed by atoms with E-state index >= 15 is 0 Å². The fraction of sp³-hybridized carbons (Fsp3) is 0.222. The Morgan fingerprint density at radius 2 is 1.78 bits per heavy atom. The Labute approximate surface area is 135 Å². The number of rotatable bonds is 6. The van der Waals surface area contributed by atoms with Crippen LogP contribution in [0.1, 0.15) is 29.8 Å². The van der Waals surface area contributed by atoms with Gasteiger partial charge in [0.2, 0.25) is 0 Å². The summed E-state index contributed by atoms with van der Waals surface area (Å²) in [5, 5.41) is 3.87. The minimum absolute atomic E-state index is 0.0264. The Hall–Kier alpha value is -2.69. The predicted molar refractivity (Wildman–Crippen MR) is 91.5 cm³/mol. The normalized spacial score (nSPS) is 10.7. The van der Waals surface area contributed by atoms with Crippen LogP contribution in [0.4, 0.5) is 10.1 Å². The summed E-state index contributed by atoms with van der Waals surface area (Å²) in [7, 11) is 0. The van der Waals surface area contributed by atoms with Gasteiger partial charge in [0.15, 0.2) is 0 Å². The van der Waals surface area contributed by atoms with Crippen molar-refractivity contribution in [2.45, 2.75) is 13.8 Å². The molecule has 2 rings (SSSR count). The van der Waals surface area contributed by atoms with Crippen molar-refractivity contribution in [2.75, 3.05) is 18.0 Å². The van der Waals surface area contributed by atoms with Crippen LogP contribution in [0, 0.1) is 5.82 Å². The maximum Gasteiger partial charge on any atom is 0.274 e. The van der Waals surface area contributed by atoms with Crippen LogP contribution in [-0.4, -0.2) is 25.2 Å². The van der Waals surface area contributed by atoms with Gasteiger partial charge in [-0.05, 0) is 43.7 Å². The zero-order chi connectivity index (χ0) is 16.7. The molecule has 0 spiro atoms. The SMILES string of the molecule is CCN(CC)c1ccc(/C=N\NC(=O)c2ccccc2F)cc1. The van der Waals surface area contributed by atoms with Crippen molar-refractivity contribution in [3.63, 3.8) is 0 Å². The van der Waals surface area contributed by atoms with Crippen LogP contribution < -0.4 is 10.3 Å². The first-order valence-corrected chi connectivity index (χ1v) is 7.58. The van der Waals surface area contributed by atoms with E-state index in [2.05, 4.69) is 29.3 Å². The van der Waals surface area contributed by atoms with Crippen molar-refractivity contribution in [3.05, 3.63) is 65.5 Å².